The van der Waals surface area contributed by atoms with Gasteiger partial charge >= 0.3 is 47.0 Å². The predicted molar refractivity (Wildman–Crippen MR) is 131 cm³/mol. The summed E-state index contributed by atoms with van der Waals surface area (Å²) in [4.78, 5) is 1.51. The van der Waals surface area contributed by atoms with Crippen LogP contribution in [0.25, 0.3) is 10.8 Å². The zero-order valence-corrected chi connectivity index (χ0v) is 24.9. The van der Waals surface area contributed by atoms with Crippen molar-refractivity contribution < 1.29 is 97.1 Å². The number of rotatable bonds is 11. The molecule has 0 saturated carbocycles. The van der Waals surface area contributed by atoms with Crippen molar-refractivity contribution in [2.45, 2.75) is 64.7 Å². The van der Waals surface area contributed by atoms with Crippen molar-refractivity contribution in [2.24, 2.45) is 0 Å². The number of halogens is 17. The van der Waals surface area contributed by atoms with E-state index in [1.165, 1.54) is 40.0 Å². The van der Waals surface area contributed by atoms with Crippen LogP contribution in [0.15, 0.2) is 41.3 Å². The molecule has 1 heterocycles. The fraction of sp³-hybridized carbons (Fsp3) is 0.583. The minimum absolute atomic E-state index is 0.301. The van der Waals surface area contributed by atoms with Gasteiger partial charge in [-0.15, -0.1) is 0 Å². The first-order valence-electron chi connectivity index (χ1n) is 12.4. The van der Waals surface area contributed by atoms with Gasteiger partial charge in [-0.25, -0.2) is 8.42 Å². The van der Waals surface area contributed by atoms with Gasteiger partial charge in [0.2, 0.25) is 0 Å². The van der Waals surface area contributed by atoms with Gasteiger partial charge in [0.1, 0.15) is 17.3 Å². The smallest absolute Gasteiger partial charge is 0.460 e. The van der Waals surface area contributed by atoms with Crippen LogP contribution in [-0.2, 0) is 25.7 Å². The molecule has 0 aromatic heterocycles. The van der Waals surface area contributed by atoms with Gasteiger partial charge in [-0.2, -0.15) is 74.6 Å². The average molecular weight is 775 g/mol. The lowest BCUT2D eigenvalue weighted by Crippen LogP contribution is -2.75. The average Bonchev–Trinajstić information content (AvgIpc) is 3.49. The summed E-state index contributed by atoms with van der Waals surface area (Å²) in [5.74, 6) is -48.5. The van der Waals surface area contributed by atoms with E-state index in [-0.39, 0.29) is 0 Å². The summed E-state index contributed by atoms with van der Waals surface area (Å²) >= 11 is 0. The standard InChI is InChI=1S/C16H19O2S.C8HF17O3S/c1-17-12-18-15-8-9-16(19-10-4-5-11-19)14-7-3-2-6-13(14)15;9-1(10,3(13,14)5(17,18)7(21,22)23)2(11,12)4(15,16)6(19,20)8(24,25)29(26,27)28/h2-3,6-9H,4-5,10-12H2,1H3;(H,26,27,28)/q+1;/p-1. The number of benzene rings is 2. The first-order valence-corrected chi connectivity index (χ1v) is 15.3. The lowest BCUT2D eigenvalue weighted by Gasteiger charge is -2.42. The van der Waals surface area contributed by atoms with Gasteiger partial charge in [-0.05, 0) is 31.0 Å². The summed E-state index contributed by atoms with van der Waals surface area (Å²) in [6.45, 7) is 0.301. The largest absolute Gasteiger partial charge is 0.743 e. The second-order valence-electron chi connectivity index (χ2n) is 9.68. The van der Waals surface area contributed by atoms with Gasteiger partial charge in [-0.1, -0.05) is 18.2 Å². The number of hydrogen-bond donors (Lipinski definition) is 0. The Morgan fingerprint density at radius 1 is 0.646 bits per heavy atom. The lowest BCUT2D eigenvalue weighted by atomic mass is 9.91. The number of alkyl halides is 17. The maximum atomic E-state index is 13.0. The lowest BCUT2D eigenvalue weighted by molar-refractivity contribution is -0.458. The molecule has 0 spiro atoms. The third kappa shape index (κ3) is 6.68. The zero-order valence-electron chi connectivity index (χ0n) is 23.3. The van der Waals surface area contributed by atoms with Crippen molar-refractivity contribution in [2.75, 3.05) is 25.4 Å². The summed E-state index contributed by atoms with van der Waals surface area (Å²) in [6, 6.07) is 12.9. The molecule has 0 unspecified atom stereocenters. The van der Waals surface area contributed by atoms with Crippen LogP contribution in [0.1, 0.15) is 12.8 Å². The molecule has 2 aromatic rings. The van der Waals surface area contributed by atoms with Crippen molar-refractivity contribution in [3.8, 4) is 5.75 Å². The third-order valence-corrected chi connectivity index (χ3v) is 9.95. The predicted octanol–water partition coefficient (Wildman–Crippen LogP) is 8.09. The Morgan fingerprint density at radius 2 is 1.06 bits per heavy atom. The zero-order chi connectivity index (χ0) is 37.6. The molecule has 48 heavy (non-hydrogen) atoms. The first-order chi connectivity index (χ1) is 21.4. The number of ether oxygens (including phenoxy) is 2. The van der Waals surface area contributed by atoms with Gasteiger partial charge in [0, 0.05) is 28.8 Å². The minimum Gasteiger partial charge on any atom is -0.743 e. The van der Waals surface area contributed by atoms with Crippen molar-refractivity contribution in [1.82, 2.24) is 0 Å². The van der Waals surface area contributed by atoms with Crippen LogP contribution < -0.4 is 4.74 Å². The van der Waals surface area contributed by atoms with Crippen molar-refractivity contribution >= 4 is 31.8 Å². The molecule has 0 atom stereocenters. The Bertz CT molecular complexity index is 1540. The summed E-state index contributed by atoms with van der Waals surface area (Å²) < 4.78 is 255. The molecule has 5 nitrogen and oxygen atoms in total. The highest BCUT2D eigenvalue weighted by atomic mass is 32.2. The summed E-state index contributed by atoms with van der Waals surface area (Å²) in [5.41, 5.74) is 0. The monoisotopic (exact) mass is 774 g/mol. The Morgan fingerprint density at radius 3 is 1.48 bits per heavy atom. The van der Waals surface area contributed by atoms with Crippen LogP contribution >= 0.6 is 0 Å². The minimum atomic E-state index is -8.92. The molecule has 0 amide bonds. The van der Waals surface area contributed by atoms with Crippen LogP contribution in [0, 0.1) is 0 Å². The van der Waals surface area contributed by atoms with Gasteiger partial charge in [0.15, 0.2) is 21.8 Å². The molecule has 276 valence electrons. The van der Waals surface area contributed by atoms with Crippen LogP contribution in [0.3, 0.4) is 0 Å². The highest BCUT2D eigenvalue weighted by Crippen LogP contribution is 2.64. The Hall–Kier alpha value is -2.47. The fourth-order valence-corrected chi connectivity index (χ4v) is 6.87. The van der Waals surface area contributed by atoms with Crippen molar-refractivity contribution in [1.29, 1.82) is 0 Å². The fourth-order valence-electron chi connectivity index (χ4n) is 3.92. The molecular formula is C24H19F17O5S2. The second kappa shape index (κ2) is 13.3. The number of fused-ring (bicyclic) bond motifs is 1. The third-order valence-electron chi connectivity index (χ3n) is 6.53. The van der Waals surface area contributed by atoms with Crippen LogP contribution in [0.4, 0.5) is 74.6 Å². The summed E-state index contributed by atoms with van der Waals surface area (Å²) in [6.07, 6.45) is -5.14. The van der Waals surface area contributed by atoms with Gasteiger partial charge in [0.25, 0.3) is 0 Å². The summed E-state index contributed by atoms with van der Waals surface area (Å²) in [7, 11) is -6.06. The van der Waals surface area contributed by atoms with Crippen molar-refractivity contribution in [3.05, 3.63) is 36.4 Å². The van der Waals surface area contributed by atoms with E-state index < -0.39 is 57.1 Å². The van der Waals surface area contributed by atoms with E-state index in [1.54, 1.807) is 7.11 Å². The molecule has 0 radical (unpaired) electrons. The molecule has 1 saturated heterocycles. The van der Waals surface area contributed by atoms with Crippen LogP contribution in [0.2, 0.25) is 0 Å². The Balaban J connectivity index is 0.000000359. The van der Waals surface area contributed by atoms with E-state index in [9.17, 15) is 87.6 Å². The molecule has 0 aliphatic carbocycles. The number of methoxy groups -OCH3 is 1. The molecule has 2 aromatic carbocycles. The molecule has 0 bridgehead atoms. The number of hydrogen-bond acceptors (Lipinski definition) is 5. The van der Waals surface area contributed by atoms with Gasteiger partial charge < -0.3 is 14.0 Å². The molecule has 0 N–H and O–H groups in total. The van der Waals surface area contributed by atoms with E-state index in [0.29, 0.717) is 17.7 Å². The normalized spacial score (nSPS) is 16.6. The van der Waals surface area contributed by atoms with E-state index in [4.69, 9.17) is 9.47 Å². The highest BCUT2D eigenvalue weighted by molar-refractivity contribution is 7.97. The Kier molecular flexibility index (Phi) is 11.6. The van der Waals surface area contributed by atoms with Crippen LogP contribution in [0.5, 0.6) is 5.75 Å². The molecule has 1 aliphatic rings. The van der Waals surface area contributed by atoms with E-state index in [0.717, 1.165) is 5.75 Å². The molecular weight excluding hydrogens is 755 g/mol. The van der Waals surface area contributed by atoms with Gasteiger partial charge in [-0.3, -0.25) is 0 Å². The summed E-state index contributed by atoms with van der Waals surface area (Å²) in [5, 5.41) is -5.40. The molecule has 3 rings (SSSR count). The van der Waals surface area contributed by atoms with E-state index in [1.807, 2.05) is 0 Å². The SMILES string of the molecule is COCOc1ccc([S+]2CCCC2)c2ccccc12.O=S(=O)([O-])C(F)(F)C(F)(F)C(F)(F)C(F)(F)C(F)(F)C(F)(F)C(F)(F)C(F)(F)F. The maximum Gasteiger partial charge on any atom is 0.460 e. The quantitative estimate of drug-likeness (QED) is 0.1000. The highest BCUT2D eigenvalue weighted by Gasteiger charge is 2.95. The first kappa shape index (κ1) is 41.7. The van der Waals surface area contributed by atoms with Crippen LogP contribution in [-0.4, -0.2) is 85.3 Å². The van der Waals surface area contributed by atoms with E-state index in [2.05, 4.69) is 36.4 Å². The van der Waals surface area contributed by atoms with Gasteiger partial charge in [0.05, 0.1) is 0 Å². The Labute approximate surface area is 261 Å². The molecule has 1 fully saturated rings. The maximum absolute atomic E-state index is 13.0. The van der Waals surface area contributed by atoms with E-state index >= 15 is 0 Å². The molecule has 24 heteroatoms. The topological polar surface area (TPSA) is 75.7 Å². The molecule has 1 aliphatic heterocycles. The second-order valence-corrected chi connectivity index (χ2v) is 13.3. The van der Waals surface area contributed by atoms with Crippen molar-refractivity contribution in [3.63, 3.8) is 0 Å².